The minimum absolute atomic E-state index is 0.162. The lowest BCUT2D eigenvalue weighted by atomic mass is 10.0. The van der Waals surface area contributed by atoms with Crippen molar-refractivity contribution in [1.82, 2.24) is 10.2 Å². The Hall–Kier alpha value is -0.570. The van der Waals surface area contributed by atoms with Crippen LogP contribution in [-0.4, -0.2) is 36.5 Å². The number of carbonyl (C=O) groups is 1. The van der Waals surface area contributed by atoms with E-state index < -0.39 is 0 Å². The molecule has 0 aromatic heterocycles. The third kappa shape index (κ3) is 2.07. The Morgan fingerprint density at radius 3 is 2.39 bits per heavy atom. The zero-order valence-corrected chi connectivity index (χ0v) is 12.5. The SMILES string of the molecule is CCNC1CCCN(C(=O)C2C(C)(C)C2(C)C)C1. The van der Waals surface area contributed by atoms with Gasteiger partial charge in [-0.1, -0.05) is 34.6 Å². The first kappa shape index (κ1) is 13.9. The largest absolute Gasteiger partial charge is 0.341 e. The van der Waals surface area contributed by atoms with Gasteiger partial charge in [0.05, 0.1) is 0 Å². The van der Waals surface area contributed by atoms with Crippen molar-refractivity contribution in [2.75, 3.05) is 19.6 Å². The molecular weight excluding hydrogens is 224 g/mol. The second-order valence-corrected chi connectivity index (χ2v) is 7.06. The van der Waals surface area contributed by atoms with Gasteiger partial charge in [0.25, 0.3) is 0 Å². The summed E-state index contributed by atoms with van der Waals surface area (Å²) >= 11 is 0. The molecule has 0 aromatic rings. The van der Waals surface area contributed by atoms with Crippen LogP contribution >= 0.6 is 0 Å². The summed E-state index contributed by atoms with van der Waals surface area (Å²) < 4.78 is 0. The number of carbonyl (C=O) groups excluding carboxylic acids is 1. The molecule has 18 heavy (non-hydrogen) atoms. The number of hydrogen-bond acceptors (Lipinski definition) is 2. The highest BCUT2D eigenvalue weighted by Crippen LogP contribution is 2.68. The summed E-state index contributed by atoms with van der Waals surface area (Å²) in [6, 6.07) is 0.498. The molecular formula is C15H28N2O. The van der Waals surface area contributed by atoms with Gasteiger partial charge in [-0.3, -0.25) is 4.79 Å². The number of hydrogen-bond donors (Lipinski definition) is 1. The minimum Gasteiger partial charge on any atom is -0.341 e. The van der Waals surface area contributed by atoms with Crippen LogP contribution in [0, 0.1) is 16.7 Å². The maximum Gasteiger partial charge on any atom is 0.226 e. The Balaban J connectivity index is 1.98. The van der Waals surface area contributed by atoms with Gasteiger partial charge >= 0.3 is 0 Å². The van der Waals surface area contributed by atoms with Gasteiger partial charge in [0.2, 0.25) is 5.91 Å². The highest BCUT2D eigenvalue weighted by molar-refractivity contribution is 5.84. The molecule has 1 aliphatic carbocycles. The van der Waals surface area contributed by atoms with Crippen LogP contribution in [0.1, 0.15) is 47.5 Å². The molecule has 2 aliphatic rings. The number of nitrogens with zero attached hydrogens (tertiary/aromatic N) is 1. The fourth-order valence-electron chi connectivity index (χ4n) is 3.63. The van der Waals surface area contributed by atoms with Crippen LogP contribution in [0.3, 0.4) is 0 Å². The lowest BCUT2D eigenvalue weighted by Gasteiger charge is -2.33. The molecule has 0 bridgehead atoms. The monoisotopic (exact) mass is 252 g/mol. The van der Waals surface area contributed by atoms with Crippen molar-refractivity contribution in [3.05, 3.63) is 0 Å². The van der Waals surface area contributed by atoms with Crippen molar-refractivity contribution in [2.45, 2.75) is 53.5 Å². The molecule has 2 fully saturated rings. The van der Waals surface area contributed by atoms with E-state index in [9.17, 15) is 4.79 Å². The highest BCUT2D eigenvalue weighted by Gasteiger charge is 2.68. The summed E-state index contributed by atoms with van der Waals surface area (Å²) in [5.41, 5.74) is 0.324. The molecule has 1 unspecified atom stereocenters. The van der Waals surface area contributed by atoms with Crippen LogP contribution < -0.4 is 5.32 Å². The van der Waals surface area contributed by atoms with E-state index in [1.807, 2.05) is 0 Å². The maximum atomic E-state index is 12.6. The Labute approximate surface area is 111 Å². The van der Waals surface area contributed by atoms with Crippen molar-refractivity contribution < 1.29 is 4.79 Å². The number of piperidine rings is 1. The van der Waals surface area contributed by atoms with Gasteiger partial charge < -0.3 is 10.2 Å². The normalized spacial score (nSPS) is 30.3. The van der Waals surface area contributed by atoms with E-state index >= 15 is 0 Å². The summed E-state index contributed by atoms with van der Waals surface area (Å²) in [6.45, 7) is 13.9. The summed E-state index contributed by atoms with van der Waals surface area (Å²) in [4.78, 5) is 14.7. The van der Waals surface area contributed by atoms with Crippen LogP contribution in [0.2, 0.25) is 0 Å². The van der Waals surface area contributed by atoms with Gasteiger partial charge in [-0.05, 0) is 30.2 Å². The van der Waals surface area contributed by atoms with Crippen LogP contribution in [0.5, 0.6) is 0 Å². The molecule has 1 atom stereocenters. The number of likely N-dealkylation sites (N-methyl/N-ethyl adjacent to an activating group) is 1. The lowest BCUT2D eigenvalue weighted by molar-refractivity contribution is -0.135. The standard InChI is InChI=1S/C15H28N2O/c1-6-16-11-8-7-9-17(10-11)13(18)12-14(2,3)15(12,4)5/h11-12,16H,6-10H2,1-5H3. The molecule has 2 rings (SSSR count). The van der Waals surface area contributed by atoms with E-state index in [4.69, 9.17) is 0 Å². The lowest BCUT2D eigenvalue weighted by Crippen LogP contribution is -2.48. The number of likely N-dealkylation sites (tertiary alicyclic amines) is 1. The van der Waals surface area contributed by atoms with Crippen LogP contribution in [0.25, 0.3) is 0 Å². The predicted octanol–water partition coefficient (Wildman–Crippen LogP) is 2.27. The van der Waals surface area contributed by atoms with Crippen molar-refractivity contribution in [2.24, 2.45) is 16.7 Å². The molecule has 1 saturated heterocycles. The smallest absolute Gasteiger partial charge is 0.226 e. The minimum atomic E-state index is 0.162. The van der Waals surface area contributed by atoms with Crippen LogP contribution in [0.15, 0.2) is 0 Å². The highest BCUT2D eigenvalue weighted by atomic mass is 16.2. The number of amides is 1. The maximum absolute atomic E-state index is 12.6. The summed E-state index contributed by atoms with van der Waals surface area (Å²) in [6.07, 6.45) is 2.34. The average molecular weight is 252 g/mol. The Bertz CT molecular complexity index is 319. The first-order valence-electron chi connectivity index (χ1n) is 7.34. The molecule has 0 aromatic carbocycles. The summed E-state index contributed by atoms with van der Waals surface area (Å²) in [5.74, 6) is 0.595. The molecule has 3 nitrogen and oxygen atoms in total. The topological polar surface area (TPSA) is 32.3 Å². The average Bonchev–Trinajstić information content (AvgIpc) is 2.69. The molecule has 1 heterocycles. The van der Waals surface area contributed by atoms with Gasteiger partial charge in [0.15, 0.2) is 0 Å². The van der Waals surface area contributed by atoms with Gasteiger partial charge in [0, 0.05) is 25.0 Å². The molecule has 0 radical (unpaired) electrons. The molecule has 1 saturated carbocycles. The van der Waals surface area contributed by atoms with Crippen LogP contribution in [-0.2, 0) is 4.79 Å². The van der Waals surface area contributed by atoms with Crippen molar-refractivity contribution in [1.29, 1.82) is 0 Å². The van der Waals surface area contributed by atoms with Gasteiger partial charge in [-0.15, -0.1) is 0 Å². The quantitative estimate of drug-likeness (QED) is 0.835. The van der Waals surface area contributed by atoms with E-state index in [0.717, 1.165) is 26.1 Å². The van der Waals surface area contributed by atoms with Crippen molar-refractivity contribution in [3.63, 3.8) is 0 Å². The molecule has 3 heteroatoms. The fourth-order valence-corrected chi connectivity index (χ4v) is 3.63. The predicted molar refractivity (Wildman–Crippen MR) is 74.3 cm³/mol. The summed E-state index contributed by atoms with van der Waals surface area (Å²) in [7, 11) is 0. The van der Waals surface area contributed by atoms with E-state index in [2.05, 4.69) is 44.8 Å². The Kier molecular flexibility index (Phi) is 3.48. The zero-order valence-electron chi connectivity index (χ0n) is 12.5. The zero-order chi connectivity index (χ0) is 13.6. The third-order valence-electron chi connectivity index (χ3n) is 5.49. The number of rotatable bonds is 3. The summed E-state index contributed by atoms with van der Waals surface area (Å²) in [5, 5.41) is 3.48. The molecule has 1 N–H and O–H groups in total. The first-order chi connectivity index (χ1) is 8.32. The van der Waals surface area contributed by atoms with E-state index in [1.54, 1.807) is 0 Å². The van der Waals surface area contributed by atoms with Gasteiger partial charge in [0.1, 0.15) is 0 Å². The fraction of sp³-hybridized carbons (Fsp3) is 0.933. The van der Waals surface area contributed by atoms with Crippen molar-refractivity contribution >= 4 is 5.91 Å². The second kappa shape index (κ2) is 4.52. The Morgan fingerprint density at radius 1 is 1.28 bits per heavy atom. The van der Waals surface area contributed by atoms with Gasteiger partial charge in [-0.25, -0.2) is 0 Å². The molecule has 0 spiro atoms. The van der Waals surface area contributed by atoms with Gasteiger partial charge in [-0.2, -0.15) is 0 Å². The second-order valence-electron chi connectivity index (χ2n) is 7.06. The van der Waals surface area contributed by atoms with E-state index in [-0.39, 0.29) is 16.7 Å². The first-order valence-corrected chi connectivity index (χ1v) is 7.34. The molecule has 104 valence electrons. The van der Waals surface area contributed by atoms with Crippen LogP contribution in [0.4, 0.5) is 0 Å². The van der Waals surface area contributed by atoms with E-state index in [0.29, 0.717) is 11.9 Å². The van der Waals surface area contributed by atoms with E-state index in [1.165, 1.54) is 6.42 Å². The Morgan fingerprint density at radius 2 is 1.89 bits per heavy atom. The number of nitrogens with one attached hydrogen (secondary N) is 1. The molecule has 1 amide bonds. The third-order valence-corrected chi connectivity index (χ3v) is 5.49. The molecule has 1 aliphatic heterocycles. The van der Waals surface area contributed by atoms with Crippen molar-refractivity contribution in [3.8, 4) is 0 Å².